The summed E-state index contributed by atoms with van der Waals surface area (Å²) < 4.78 is 4.78. The number of esters is 1. The highest BCUT2D eigenvalue weighted by Gasteiger charge is 2.26. The molecule has 3 rings (SSSR count). The Morgan fingerprint density at radius 2 is 1.76 bits per heavy atom. The minimum absolute atomic E-state index is 0.100. The van der Waals surface area contributed by atoms with Crippen molar-refractivity contribution in [3.63, 3.8) is 0 Å². The zero-order valence-corrected chi connectivity index (χ0v) is 15.8. The van der Waals surface area contributed by atoms with Gasteiger partial charge in [0.2, 0.25) is 0 Å². The van der Waals surface area contributed by atoms with Gasteiger partial charge in [0.25, 0.3) is 5.69 Å². The lowest BCUT2D eigenvalue weighted by Gasteiger charge is -2.22. The summed E-state index contributed by atoms with van der Waals surface area (Å²) in [5.41, 5.74) is 2.88. The first-order valence-electron chi connectivity index (χ1n) is 8.67. The van der Waals surface area contributed by atoms with E-state index in [0.29, 0.717) is 11.3 Å². The number of nitrogens with zero attached hydrogens (tertiary/aromatic N) is 3. The second kappa shape index (κ2) is 8.23. The molecule has 0 bridgehead atoms. The summed E-state index contributed by atoms with van der Waals surface area (Å²) in [6.07, 6.45) is 0. The van der Waals surface area contributed by atoms with Gasteiger partial charge in [-0.1, -0.05) is 36.4 Å². The van der Waals surface area contributed by atoms with E-state index in [1.54, 1.807) is 36.2 Å². The molecule has 0 N–H and O–H groups in total. The lowest BCUT2D eigenvalue weighted by atomic mass is 10.00. The molecule has 0 radical (unpaired) electrons. The maximum atomic E-state index is 12.2. The van der Waals surface area contributed by atoms with Crippen molar-refractivity contribution in [3.8, 4) is 17.2 Å². The van der Waals surface area contributed by atoms with Crippen LogP contribution >= 0.6 is 0 Å². The molecule has 7 nitrogen and oxygen atoms in total. The minimum Gasteiger partial charge on any atom is -0.465 e. The summed E-state index contributed by atoms with van der Waals surface area (Å²) in [6.45, 7) is 0. The molecule has 0 unspecified atom stereocenters. The molecule has 29 heavy (non-hydrogen) atoms. The highest BCUT2D eigenvalue weighted by molar-refractivity contribution is 5.99. The van der Waals surface area contributed by atoms with E-state index in [1.165, 1.54) is 25.3 Å². The van der Waals surface area contributed by atoms with Crippen LogP contribution in [0.3, 0.4) is 0 Å². The van der Waals surface area contributed by atoms with Crippen molar-refractivity contribution < 1.29 is 14.5 Å². The van der Waals surface area contributed by atoms with Crippen LogP contribution in [-0.4, -0.2) is 25.1 Å². The SMILES string of the molecule is COC(=O)c1cccc([N+](=O)[O-])c1N(C)c1ccc(-c2ccccc2C#N)cc1. The molecule has 0 aliphatic heterocycles. The molecule has 0 fully saturated rings. The molecule has 0 atom stereocenters. The Kier molecular flexibility index (Phi) is 5.56. The third-order valence-corrected chi connectivity index (χ3v) is 4.57. The first kappa shape index (κ1) is 19.6. The van der Waals surface area contributed by atoms with Crippen LogP contribution in [0.25, 0.3) is 11.1 Å². The normalized spacial score (nSPS) is 10.1. The molecule has 0 amide bonds. The monoisotopic (exact) mass is 387 g/mol. The van der Waals surface area contributed by atoms with Gasteiger partial charge in [-0.3, -0.25) is 10.1 Å². The molecule has 144 valence electrons. The fourth-order valence-corrected chi connectivity index (χ4v) is 3.13. The Morgan fingerprint density at radius 1 is 1.07 bits per heavy atom. The Bertz CT molecular complexity index is 1120. The Hall–Kier alpha value is -4.18. The van der Waals surface area contributed by atoms with Gasteiger partial charge in [0.1, 0.15) is 5.69 Å². The van der Waals surface area contributed by atoms with Crippen LogP contribution < -0.4 is 4.90 Å². The van der Waals surface area contributed by atoms with E-state index in [-0.39, 0.29) is 16.9 Å². The van der Waals surface area contributed by atoms with Gasteiger partial charge < -0.3 is 9.64 Å². The zero-order chi connectivity index (χ0) is 21.0. The van der Waals surface area contributed by atoms with E-state index in [4.69, 9.17) is 4.74 Å². The van der Waals surface area contributed by atoms with Crippen molar-refractivity contribution in [2.24, 2.45) is 0 Å². The largest absolute Gasteiger partial charge is 0.465 e. The quantitative estimate of drug-likeness (QED) is 0.358. The maximum absolute atomic E-state index is 12.2. The number of methoxy groups -OCH3 is 1. The maximum Gasteiger partial charge on any atom is 0.340 e. The lowest BCUT2D eigenvalue weighted by Crippen LogP contribution is -2.16. The average Bonchev–Trinajstić information content (AvgIpc) is 2.77. The van der Waals surface area contributed by atoms with Crippen LogP contribution in [0, 0.1) is 21.4 Å². The van der Waals surface area contributed by atoms with Gasteiger partial charge in [-0.05, 0) is 35.4 Å². The molecule has 3 aromatic carbocycles. The highest BCUT2D eigenvalue weighted by Crippen LogP contribution is 2.37. The second-order valence-corrected chi connectivity index (χ2v) is 6.19. The number of carbonyl (C=O) groups is 1. The van der Waals surface area contributed by atoms with E-state index >= 15 is 0 Å². The van der Waals surface area contributed by atoms with Crippen molar-refractivity contribution in [1.82, 2.24) is 0 Å². The molecule has 0 saturated carbocycles. The van der Waals surface area contributed by atoms with Gasteiger partial charge in [0.15, 0.2) is 0 Å². The number of ether oxygens (including phenoxy) is 1. The van der Waals surface area contributed by atoms with Gasteiger partial charge in [-0.15, -0.1) is 0 Å². The van der Waals surface area contributed by atoms with E-state index in [1.807, 2.05) is 24.3 Å². The molecular weight excluding hydrogens is 370 g/mol. The third-order valence-electron chi connectivity index (χ3n) is 4.57. The summed E-state index contributed by atoms with van der Waals surface area (Å²) in [4.78, 5) is 24.7. The van der Waals surface area contributed by atoms with Crippen molar-refractivity contribution in [2.45, 2.75) is 0 Å². The zero-order valence-electron chi connectivity index (χ0n) is 15.8. The number of hydrogen-bond donors (Lipinski definition) is 0. The lowest BCUT2D eigenvalue weighted by molar-refractivity contribution is -0.384. The van der Waals surface area contributed by atoms with Gasteiger partial charge in [0, 0.05) is 18.8 Å². The summed E-state index contributed by atoms with van der Waals surface area (Å²) in [7, 11) is 2.87. The Balaban J connectivity index is 2.06. The second-order valence-electron chi connectivity index (χ2n) is 6.19. The van der Waals surface area contributed by atoms with Crippen LogP contribution in [0.4, 0.5) is 17.1 Å². The number of rotatable bonds is 5. The minimum atomic E-state index is -0.657. The molecule has 0 heterocycles. The van der Waals surface area contributed by atoms with Gasteiger partial charge in [-0.25, -0.2) is 4.79 Å². The third kappa shape index (κ3) is 3.77. The smallest absolute Gasteiger partial charge is 0.340 e. The fourth-order valence-electron chi connectivity index (χ4n) is 3.13. The van der Waals surface area contributed by atoms with Crippen molar-refractivity contribution in [1.29, 1.82) is 5.26 Å². The predicted molar refractivity (Wildman–Crippen MR) is 109 cm³/mol. The fraction of sp³-hybridized carbons (Fsp3) is 0.0909. The van der Waals surface area contributed by atoms with E-state index in [9.17, 15) is 20.2 Å². The van der Waals surface area contributed by atoms with E-state index < -0.39 is 10.9 Å². The molecule has 0 spiro atoms. The molecule has 7 heteroatoms. The first-order chi connectivity index (χ1) is 14.0. The number of para-hydroxylation sites is 1. The van der Waals surface area contributed by atoms with Crippen LogP contribution in [0.5, 0.6) is 0 Å². The number of benzene rings is 3. The van der Waals surface area contributed by atoms with Crippen molar-refractivity contribution >= 4 is 23.0 Å². The summed E-state index contributed by atoms with van der Waals surface area (Å²) in [5.74, 6) is -0.657. The van der Waals surface area contributed by atoms with Gasteiger partial charge in [-0.2, -0.15) is 5.26 Å². The van der Waals surface area contributed by atoms with Gasteiger partial charge in [0.05, 0.1) is 29.2 Å². The number of carbonyl (C=O) groups excluding carboxylic acids is 1. The van der Waals surface area contributed by atoms with Crippen LogP contribution in [0.15, 0.2) is 66.7 Å². The van der Waals surface area contributed by atoms with Crippen LogP contribution in [-0.2, 0) is 4.74 Å². The Labute approximate surface area is 167 Å². The van der Waals surface area contributed by atoms with Crippen LogP contribution in [0.1, 0.15) is 15.9 Å². The van der Waals surface area contributed by atoms with Crippen LogP contribution in [0.2, 0.25) is 0 Å². The number of anilines is 2. The van der Waals surface area contributed by atoms with E-state index in [0.717, 1.165) is 11.1 Å². The van der Waals surface area contributed by atoms with Gasteiger partial charge >= 0.3 is 5.97 Å². The number of nitro benzene ring substituents is 1. The molecule has 3 aromatic rings. The van der Waals surface area contributed by atoms with Crippen molar-refractivity contribution in [3.05, 3.63) is 88.0 Å². The van der Waals surface area contributed by atoms with E-state index in [2.05, 4.69) is 6.07 Å². The average molecular weight is 387 g/mol. The van der Waals surface area contributed by atoms with Crippen molar-refractivity contribution in [2.75, 3.05) is 19.1 Å². The highest BCUT2D eigenvalue weighted by atomic mass is 16.6. The first-order valence-corrected chi connectivity index (χ1v) is 8.67. The Morgan fingerprint density at radius 3 is 2.38 bits per heavy atom. The topological polar surface area (TPSA) is 96.5 Å². The summed E-state index contributed by atoms with van der Waals surface area (Å²) in [5, 5.41) is 20.8. The summed E-state index contributed by atoms with van der Waals surface area (Å²) in [6, 6.07) is 20.9. The summed E-state index contributed by atoms with van der Waals surface area (Å²) >= 11 is 0. The molecule has 0 aromatic heterocycles. The molecular formula is C22H17N3O4. The standard InChI is InChI=1S/C22H17N3O4/c1-24(21-19(22(26)29-2)8-5-9-20(21)25(27)28)17-12-10-15(11-13-17)18-7-4-3-6-16(18)14-23/h3-13H,1-2H3. The molecule has 0 aliphatic carbocycles. The predicted octanol–water partition coefficient (Wildman–Crippen LogP) is 4.69. The molecule has 0 saturated heterocycles. The number of hydrogen-bond acceptors (Lipinski definition) is 6. The number of nitriles is 1. The molecule has 0 aliphatic rings. The number of nitro groups is 1.